The van der Waals surface area contributed by atoms with Crippen molar-refractivity contribution in [1.29, 1.82) is 0 Å². The second kappa shape index (κ2) is 6.02. The van der Waals surface area contributed by atoms with Crippen molar-refractivity contribution in [3.8, 4) is 0 Å². The summed E-state index contributed by atoms with van der Waals surface area (Å²) in [5.41, 5.74) is 5.42. The Hall–Kier alpha value is -1.93. The second-order valence-electron chi connectivity index (χ2n) is 4.10. The quantitative estimate of drug-likeness (QED) is 0.835. The summed E-state index contributed by atoms with van der Waals surface area (Å²) in [6, 6.07) is 5.72. The van der Waals surface area contributed by atoms with Crippen LogP contribution in [0.3, 0.4) is 0 Å². The molecule has 0 amide bonds. The number of nitrogens with two attached hydrogens (primary N) is 1. The molecule has 0 saturated carbocycles. The number of aromatic amines is 1. The summed E-state index contributed by atoms with van der Waals surface area (Å²) >= 11 is 0. The van der Waals surface area contributed by atoms with Crippen LogP contribution in [0, 0.1) is 5.82 Å². The molecule has 0 bridgehead atoms. The number of para-hydroxylation sites is 1. The fraction of sp³-hybridized carbons (Fsp3) is 0.250. The predicted octanol–water partition coefficient (Wildman–Crippen LogP) is 1.09. The highest BCUT2D eigenvalue weighted by atomic mass is 32.2. The van der Waals surface area contributed by atoms with Crippen LogP contribution in [0.1, 0.15) is 6.42 Å². The van der Waals surface area contributed by atoms with E-state index in [1.165, 1.54) is 30.6 Å². The molecule has 1 heterocycles. The van der Waals surface area contributed by atoms with Gasteiger partial charge in [0, 0.05) is 12.7 Å². The second-order valence-corrected chi connectivity index (χ2v) is 5.97. The molecule has 1 aromatic carbocycles. The minimum atomic E-state index is -3.86. The molecule has 0 atom stereocenters. The lowest BCUT2D eigenvalue weighted by Crippen LogP contribution is -2.33. The van der Waals surface area contributed by atoms with Crippen LogP contribution in [0.4, 0.5) is 10.1 Å². The fourth-order valence-corrected chi connectivity index (χ4v) is 3.18. The minimum absolute atomic E-state index is 0.00199. The summed E-state index contributed by atoms with van der Waals surface area (Å²) in [7, 11) is -3.86. The number of hydrogen-bond acceptors (Lipinski definition) is 4. The molecule has 2 aromatic rings. The van der Waals surface area contributed by atoms with E-state index in [0.29, 0.717) is 13.0 Å². The highest BCUT2D eigenvalue weighted by molar-refractivity contribution is 7.92. The zero-order valence-electron chi connectivity index (χ0n) is 10.7. The van der Waals surface area contributed by atoms with Crippen LogP contribution in [0.15, 0.2) is 41.6 Å². The van der Waals surface area contributed by atoms with Crippen molar-refractivity contribution in [2.75, 3.05) is 17.4 Å². The third-order valence-corrected chi connectivity index (χ3v) is 4.53. The number of nitrogens with one attached hydrogen (secondary N) is 1. The van der Waals surface area contributed by atoms with Crippen molar-refractivity contribution in [2.24, 2.45) is 5.73 Å². The normalized spacial score (nSPS) is 11.5. The highest BCUT2D eigenvalue weighted by Crippen LogP contribution is 2.25. The first-order valence-corrected chi connectivity index (χ1v) is 7.47. The summed E-state index contributed by atoms with van der Waals surface area (Å²) < 4.78 is 39.9. The van der Waals surface area contributed by atoms with E-state index in [1.807, 2.05) is 0 Å². The molecule has 0 aliphatic rings. The Morgan fingerprint density at radius 1 is 1.35 bits per heavy atom. The van der Waals surface area contributed by atoms with Crippen LogP contribution in [-0.2, 0) is 10.0 Å². The fourth-order valence-electron chi connectivity index (χ4n) is 1.77. The Bertz CT molecular complexity index is 658. The smallest absolute Gasteiger partial charge is 0.267 e. The summed E-state index contributed by atoms with van der Waals surface area (Å²) in [6.45, 7) is 0.413. The molecule has 2 rings (SSSR count). The number of H-pyrrole nitrogens is 1. The molecular weight excluding hydrogens is 283 g/mol. The number of rotatable bonds is 6. The lowest BCUT2D eigenvalue weighted by atomic mass is 10.3. The van der Waals surface area contributed by atoms with Crippen LogP contribution in [0.25, 0.3) is 0 Å². The molecule has 0 saturated heterocycles. The molecule has 8 heteroatoms. The van der Waals surface area contributed by atoms with Crippen molar-refractivity contribution in [1.82, 2.24) is 10.2 Å². The van der Waals surface area contributed by atoms with Gasteiger partial charge in [0.25, 0.3) is 10.0 Å². The maximum absolute atomic E-state index is 13.9. The van der Waals surface area contributed by atoms with E-state index < -0.39 is 15.8 Å². The van der Waals surface area contributed by atoms with Crippen molar-refractivity contribution in [3.63, 3.8) is 0 Å². The van der Waals surface area contributed by atoms with E-state index in [9.17, 15) is 12.8 Å². The average molecular weight is 298 g/mol. The number of hydrogen-bond donors (Lipinski definition) is 2. The summed E-state index contributed by atoms with van der Waals surface area (Å²) in [4.78, 5) is -0.0159. The number of aromatic nitrogens is 2. The molecule has 6 nitrogen and oxygen atoms in total. The zero-order chi connectivity index (χ0) is 14.6. The first-order valence-electron chi connectivity index (χ1n) is 6.03. The molecule has 0 aliphatic carbocycles. The number of halogens is 1. The standard InChI is InChI=1S/C12H15FN4O2S/c13-11-4-1-2-5-12(11)17(7-3-6-14)20(18,19)10-8-15-16-9-10/h1-2,4-5,8-9H,3,6-7,14H2,(H,15,16). The van der Waals surface area contributed by atoms with E-state index in [2.05, 4.69) is 10.2 Å². The molecule has 3 N–H and O–H groups in total. The lowest BCUT2D eigenvalue weighted by Gasteiger charge is -2.23. The number of anilines is 1. The average Bonchev–Trinajstić information content (AvgIpc) is 2.95. The van der Waals surface area contributed by atoms with E-state index >= 15 is 0 Å². The van der Waals surface area contributed by atoms with Gasteiger partial charge in [-0.25, -0.2) is 12.8 Å². The Morgan fingerprint density at radius 3 is 2.70 bits per heavy atom. The van der Waals surface area contributed by atoms with E-state index in [0.717, 1.165) is 4.31 Å². The molecule has 0 unspecified atom stereocenters. The summed E-state index contributed by atoms with van der Waals surface area (Å²) in [5.74, 6) is -0.600. The topological polar surface area (TPSA) is 92.1 Å². The third-order valence-electron chi connectivity index (χ3n) is 2.75. The molecule has 0 fully saturated rings. The Morgan fingerprint density at radius 2 is 2.10 bits per heavy atom. The van der Waals surface area contributed by atoms with Crippen LogP contribution < -0.4 is 10.0 Å². The number of nitrogens with zero attached hydrogens (tertiary/aromatic N) is 2. The van der Waals surface area contributed by atoms with Gasteiger partial charge in [-0.2, -0.15) is 5.10 Å². The maximum atomic E-state index is 13.9. The van der Waals surface area contributed by atoms with Gasteiger partial charge in [0.05, 0.1) is 11.9 Å². The van der Waals surface area contributed by atoms with Crippen LogP contribution >= 0.6 is 0 Å². The van der Waals surface area contributed by atoms with Crippen LogP contribution in [-0.4, -0.2) is 31.7 Å². The van der Waals surface area contributed by atoms with E-state index in [-0.39, 0.29) is 17.1 Å². The van der Waals surface area contributed by atoms with E-state index in [1.54, 1.807) is 6.07 Å². The number of sulfonamides is 1. The number of benzene rings is 1. The summed E-state index contributed by atoms with van der Waals surface area (Å²) in [6.07, 6.45) is 2.86. The van der Waals surface area contributed by atoms with Gasteiger partial charge in [0.2, 0.25) is 0 Å². The highest BCUT2D eigenvalue weighted by Gasteiger charge is 2.27. The SMILES string of the molecule is NCCCN(c1ccccc1F)S(=O)(=O)c1cn[nH]c1. The Balaban J connectivity index is 2.46. The predicted molar refractivity (Wildman–Crippen MR) is 73.2 cm³/mol. The molecule has 0 radical (unpaired) electrons. The molecule has 20 heavy (non-hydrogen) atoms. The minimum Gasteiger partial charge on any atom is -0.330 e. The van der Waals surface area contributed by atoms with Gasteiger partial charge in [-0.15, -0.1) is 0 Å². The van der Waals surface area contributed by atoms with Gasteiger partial charge >= 0.3 is 0 Å². The van der Waals surface area contributed by atoms with Gasteiger partial charge in [0.1, 0.15) is 10.7 Å². The molecule has 108 valence electrons. The molecule has 0 spiro atoms. The Kier molecular flexibility index (Phi) is 4.35. The summed E-state index contributed by atoms with van der Waals surface area (Å²) in [5, 5.41) is 6.06. The van der Waals surface area contributed by atoms with Crippen molar-refractivity contribution in [3.05, 3.63) is 42.5 Å². The molecule has 1 aromatic heterocycles. The van der Waals surface area contributed by atoms with Crippen molar-refractivity contribution in [2.45, 2.75) is 11.3 Å². The Labute approximate surface area is 116 Å². The van der Waals surface area contributed by atoms with Crippen LogP contribution in [0.2, 0.25) is 0 Å². The van der Waals surface area contributed by atoms with E-state index in [4.69, 9.17) is 5.73 Å². The van der Waals surface area contributed by atoms with Crippen molar-refractivity contribution >= 4 is 15.7 Å². The first-order chi connectivity index (χ1) is 9.57. The third kappa shape index (κ3) is 2.81. The first kappa shape index (κ1) is 14.5. The molecule has 0 aliphatic heterocycles. The zero-order valence-corrected chi connectivity index (χ0v) is 11.5. The molecular formula is C12H15FN4O2S. The van der Waals surface area contributed by atoms with Gasteiger partial charge < -0.3 is 5.73 Å². The van der Waals surface area contributed by atoms with Crippen molar-refractivity contribution < 1.29 is 12.8 Å². The largest absolute Gasteiger partial charge is 0.330 e. The van der Waals surface area contributed by atoms with Gasteiger partial charge in [0.15, 0.2) is 0 Å². The maximum Gasteiger partial charge on any atom is 0.267 e. The van der Waals surface area contributed by atoms with Crippen LogP contribution in [0.5, 0.6) is 0 Å². The lowest BCUT2D eigenvalue weighted by molar-refractivity contribution is 0.583. The monoisotopic (exact) mass is 298 g/mol. The van der Waals surface area contributed by atoms with Gasteiger partial charge in [-0.05, 0) is 25.1 Å². The van der Waals surface area contributed by atoms with Gasteiger partial charge in [-0.1, -0.05) is 12.1 Å². The van der Waals surface area contributed by atoms with Gasteiger partial charge in [-0.3, -0.25) is 9.40 Å².